The van der Waals surface area contributed by atoms with Crippen LogP contribution in [0.1, 0.15) is 12.0 Å². The first-order chi connectivity index (χ1) is 12.4. The Balaban J connectivity index is 1.50. The Morgan fingerprint density at radius 2 is 1.96 bits per heavy atom. The maximum Gasteiger partial charge on any atom is 0.241 e. The molecule has 2 aliphatic rings. The van der Waals surface area contributed by atoms with E-state index in [2.05, 4.69) is 14.9 Å². The number of likely N-dealkylation sites (tertiary alicyclic amines) is 1. The van der Waals surface area contributed by atoms with Crippen LogP contribution in [0, 0.1) is 5.82 Å². The SMILES string of the molecule is CN1CC(=O)N(c2cnn(C)c2)CC12CCN(Cc1ccc(F)cc1)C2. The average molecular weight is 357 g/mol. The van der Waals surface area contributed by atoms with Crippen LogP contribution in [0.25, 0.3) is 0 Å². The zero-order valence-corrected chi connectivity index (χ0v) is 15.2. The molecule has 1 atom stereocenters. The van der Waals surface area contributed by atoms with Crippen LogP contribution in [0.4, 0.5) is 10.1 Å². The molecule has 26 heavy (non-hydrogen) atoms. The van der Waals surface area contributed by atoms with Crippen LogP contribution < -0.4 is 4.90 Å². The fourth-order valence-corrected chi connectivity index (χ4v) is 4.11. The van der Waals surface area contributed by atoms with E-state index in [0.717, 1.165) is 37.3 Å². The molecule has 2 saturated heterocycles. The summed E-state index contributed by atoms with van der Waals surface area (Å²) in [7, 11) is 3.90. The third-order valence-electron chi connectivity index (χ3n) is 5.67. The van der Waals surface area contributed by atoms with Crippen LogP contribution in [-0.4, -0.2) is 64.3 Å². The highest BCUT2D eigenvalue weighted by molar-refractivity contribution is 5.95. The number of halogens is 1. The number of carbonyl (C=O) groups is 1. The van der Waals surface area contributed by atoms with Gasteiger partial charge in [0, 0.05) is 39.4 Å². The second kappa shape index (κ2) is 6.48. The summed E-state index contributed by atoms with van der Waals surface area (Å²) in [6.45, 7) is 3.76. The summed E-state index contributed by atoms with van der Waals surface area (Å²) in [5.41, 5.74) is 1.92. The van der Waals surface area contributed by atoms with Crippen LogP contribution in [0.2, 0.25) is 0 Å². The molecule has 4 rings (SSSR count). The van der Waals surface area contributed by atoms with E-state index < -0.39 is 0 Å². The minimum atomic E-state index is -0.204. The fraction of sp³-hybridized carbons (Fsp3) is 0.474. The first-order valence-corrected chi connectivity index (χ1v) is 8.92. The number of amides is 1. The van der Waals surface area contributed by atoms with Crippen LogP contribution >= 0.6 is 0 Å². The predicted molar refractivity (Wildman–Crippen MR) is 97.2 cm³/mol. The summed E-state index contributed by atoms with van der Waals surface area (Å²) in [4.78, 5) is 19.0. The zero-order valence-electron chi connectivity index (χ0n) is 15.2. The normalized spacial score (nSPS) is 24.7. The van der Waals surface area contributed by atoms with Crippen LogP contribution in [-0.2, 0) is 18.4 Å². The fourth-order valence-electron chi connectivity index (χ4n) is 4.11. The minimum absolute atomic E-state index is 0.0518. The van der Waals surface area contributed by atoms with Gasteiger partial charge in [0.15, 0.2) is 0 Å². The standard InChI is InChI=1S/C19H24FN5O/c1-22-12-18(26)25(17-9-21-23(2)11-17)14-19(22)7-8-24(13-19)10-15-3-5-16(20)6-4-15/h3-6,9,11H,7-8,10,12-14H2,1-2H3. The van der Waals surface area contributed by atoms with Crippen LogP contribution in [0.15, 0.2) is 36.7 Å². The molecule has 1 amide bonds. The van der Waals surface area contributed by atoms with E-state index in [1.54, 1.807) is 10.9 Å². The van der Waals surface area contributed by atoms with Crippen molar-refractivity contribution in [3.05, 3.63) is 48.0 Å². The number of benzene rings is 1. The van der Waals surface area contributed by atoms with E-state index >= 15 is 0 Å². The van der Waals surface area contributed by atoms with Gasteiger partial charge in [-0.15, -0.1) is 0 Å². The van der Waals surface area contributed by atoms with E-state index in [4.69, 9.17) is 0 Å². The molecule has 0 radical (unpaired) electrons. The van der Waals surface area contributed by atoms with Crippen molar-refractivity contribution in [2.45, 2.75) is 18.5 Å². The molecule has 0 N–H and O–H groups in total. The van der Waals surface area contributed by atoms with Crippen LogP contribution in [0.3, 0.4) is 0 Å². The number of aromatic nitrogens is 2. The Morgan fingerprint density at radius 3 is 2.65 bits per heavy atom. The van der Waals surface area contributed by atoms with Crippen molar-refractivity contribution in [2.24, 2.45) is 7.05 Å². The van der Waals surface area contributed by atoms with Crippen molar-refractivity contribution >= 4 is 11.6 Å². The Morgan fingerprint density at radius 1 is 1.19 bits per heavy atom. The number of rotatable bonds is 3. The molecule has 0 saturated carbocycles. The summed E-state index contributed by atoms with van der Waals surface area (Å²) in [5.74, 6) is -0.0904. The Hall–Kier alpha value is -2.25. The lowest BCUT2D eigenvalue weighted by molar-refractivity contribution is -0.123. The number of likely N-dealkylation sites (N-methyl/N-ethyl adjacent to an activating group) is 1. The van der Waals surface area contributed by atoms with Gasteiger partial charge in [-0.2, -0.15) is 5.10 Å². The van der Waals surface area contributed by atoms with E-state index in [0.29, 0.717) is 13.1 Å². The first-order valence-electron chi connectivity index (χ1n) is 8.92. The first kappa shape index (κ1) is 17.2. The van der Waals surface area contributed by atoms with Gasteiger partial charge in [0.05, 0.1) is 24.0 Å². The molecule has 7 heteroatoms. The van der Waals surface area contributed by atoms with E-state index in [1.807, 2.05) is 37.3 Å². The molecule has 2 aromatic rings. The quantitative estimate of drug-likeness (QED) is 0.835. The number of nitrogens with zero attached hydrogens (tertiary/aromatic N) is 5. The highest BCUT2D eigenvalue weighted by atomic mass is 19.1. The van der Waals surface area contributed by atoms with Gasteiger partial charge in [-0.1, -0.05) is 12.1 Å². The van der Waals surface area contributed by atoms with Gasteiger partial charge in [0.2, 0.25) is 5.91 Å². The molecule has 0 bridgehead atoms. The Labute approximate surface area is 152 Å². The van der Waals surface area contributed by atoms with Crippen molar-refractivity contribution in [1.29, 1.82) is 0 Å². The van der Waals surface area contributed by atoms with Gasteiger partial charge in [-0.3, -0.25) is 19.3 Å². The summed E-state index contributed by atoms with van der Waals surface area (Å²) in [6.07, 6.45) is 4.65. The number of piperazine rings is 1. The second-order valence-electron chi connectivity index (χ2n) is 7.52. The molecule has 1 spiro atoms. The maximum absolute atomic E-state index is 13.1. The molecule has 1 aromatic heterocycles. The molecule has 6 nitrogen and oxygen atoms in total. The third kappa shape index (κ3) is 3.12. The number of hydrogen-bond donors (Lipinski definition) is 0. The van der Waals surface area contributed by atoms with Gasteiger partial charge in [-0.25, -0.2) is 4.39 Å². The molecule has 1 unspecified atom stereocenters. The van der Waals surface area contributed by atoms with Gasteiger partial charge >= 0.3 is 0 Å². The number of hydrogen-bond acceptors (Lipinski definition) is 4. The zero-order chi connectivity index (χ0) is 18.3. The summed E-state index contributed by atoms with van der Waals surface area (Å²) < 4.78 is 14.8. The lowest BCUT2D eigenvalue weighted by Gasteiger charge is -2.46. The van der Waals surface area contributed by atoms with E-state index in [-0.39, 0.29) is 17.3 Å². The predicted octanol–water partition coefficient (Wildman–Crippen LogP) is 1.48. The smallest absolute Gasteiger partial charge is 0.241 e. The number of anilines is 1. The molecule has 1 aromatic carbocycles. The Kier molecular flexibility index (Phi) is 4.28. The van der Waals surface area contributed by atoms with Crippen LogP contribution in [0.5, 0.6) is 0 Å². The number of aryl methyl sites for hydroxylation is 1. The van der Waals surface area contributed by atoms with Gasteiger partial charge in [-0.05, 0) is 31.2 Å². The van der Waals surface area contributed by atoms with Crippen molar-refractivity contribution in [2.75, 3.05) is 38.1 Å². The van der Waals surface area contributed by atoms with Gasteiger partial charge < -0.3 is 4.90 Å². The van der Waals surface area contributed by atoms with Crippen molar-refractivity contribution < 1.29 is 9.18 Å². The maximum atomic E-state index is 13.1. The minimum Gasteiger partial charge on any atom is -0.306 e. The van der Waals surface area contributed by atoms with Crippen molar-refractivity contribution in [1.82, 2.24) is 19.6 Å². The van der Waals surface area contributed by atoms with Crippen molar-refractivity contribution in [3.8, 4) is 0 Å². The molecular formula is C19H24FN5O. The Bertz CT molecular complexity index is 805. The molecular weight excluding hydrogens is 333 g/mol. The molecule has 2 aliphatic heterocycles. The lowest BCUT2D eigenvalue weighted by atomic mass is 9.93. The second-order valence-corrected chi connectivity index (χ2v) is 7.52. The molecule has 0 aliphatic carbocycles. The van der Waals surface area contributed by atoms with Crippen molar-refractivity contribution in [3.63, 3.8) is 0 Å². The molecule has 3 heterocycles. The molecule has 2 fully saturated rings. The topological polar surface area (TPSA) is 44.6 Å². The highest BCUT2D eigenvalue weighted by Crippen LogP contribution is 2.33. The summed E-state index contributed by atoms with van der Waals surface area (Å²) >= 11 is 0. The largest absolute Gasteiger partial charge is 0.306 e. The third-order valence-corrected chi connectivity index (χ3v) is 5.67. The highest BCUT2D eigenvalue weighted by Gasteiger charge is 2.47. The summed E-state index contributed by atoms with van der Waals surface area (Å²) in [6, 6.07) is 6.71. The monoisotopic (exact) mass is 357 g/mol. The van der Waals surface area contributed by atoms with E-state index in [9.17, 15) is 9.18 Å². The molecule has 138 valence electrons. The number of carbonyl (C=O) groups excluding carboxylic acids is 1. The lowest BCUT2D eigenvalue weighted by Crippen LogP contribution is -2.64. The average Bonchev–Trinajstić information content (AvgIpc) is 3.21. The summed E-state index contributed by atoms with van der Waals surface area (Å²) in [5, 5.41) is 4.21. The van der Waals surface area contributed by atoms with Gasteiger partial charge in [0.1, 0.15) is 5.82 Å². The van der Waals surface area contributed by atoms with E-state index in [1.165, 1.54) is 12.1 Å². The van der Waals surface area contributed by atoms with Gasteiger partial charge in [0.25, 0.3) is 0 Å².